The highest BCUT2D eigenvalue weighted by Gasteiger charge is 2.23. The van der Waals surface area contributed by atoms with E-state index >= 15 is 0 Å². The van der Waals surface area contributed by atoms with E-state index < -0.39 is 0 Å². The maximum absolute atomic E-state index is 6.30. The van der Waals surface area contributed by atoms with Crippen molar-refractivity contribution in [1.29, 1.82) is 0 Å². The fraction of sp³-hybridized carbons (Fsp3) is 0.333. The minimum Gasteiger partial charge on any atom is -0.496 e. The molecule has 0 aliphatic heterocycles. The van der Waals surface area contributed by atoms with Crippen LogP contribution in [0.25, 0.3) is 0 Å². The van der Waals surface area contributed by atoms with Crippen molar-refractivity contribution < 1.29 is 4.74 Å². The van der Waals surface area contributed by atoms with Gasteiger partial charge in [-0.05, 0) is 18.6 Å². The Morgan fingerprint density at radius 1 is 1.30 bits per heavy atom. The number of para-hydroxylation sites is 1. The number of ether oxygens (including phenoxy) is 1. The molecule has 1 aromatic heterocycles. The Bertz CT molecular complexity index is 536. The molecular formula is C15H19N3OS. The fourth-order valence-electron chi connectivity index (χ4n) is 1.98. The third-order valence-electron chi connectivity index (χ3n) is 3.11. The largest absolute Gasteiger partial charge is 0.496 e. The average Bonchev–Trinajstić information content (AvgIpc) is 2.53. The normalized spacial score (nSPS) is 13.8. The van der Waals surface area contributed by atoms with Crippen LogP contribution in [0, 0.1) is 0 Å². The average molecular weight is 289 g/mol. The highest BCUT2D eigenvalue weighted by molar-refractivity contribution is 7.99. The maximum atomic E-state index is 6.30. The fourth-order valence-corrected chi connectivity index (χ4v) is 3.17. The van der Waals surface area contributed by atoms with E-state index in [1.807, 2.05) is 24.3 Å². The summed E-state index contributed by atoms with van der Waals surface area (Å²) < 4.78 is 5.46. The van der Waals surface area contributed by atoms with Crippen molar-refractivity contribution >= 4 is 11.8 Å². The molecule has 5 heteroatoms. The molecule has 0 aliphatic rings. The van der Waals surface area contributed by atoms with Crippen molar-refractivity contribution in [1.82, 2.24) is 9.97 Å². The van der Waals surface area contributed by atoms with Crippen LogP contribution in [0.2, 0.25) is 0 Å². The summed E-state index contributed by atoms with van der Waals surface area (Å²) in [5.41, 5.74) is 7.41. The Morgan fingerprint density at radius 2 is 2.10 bits per heavy atom. The Hall–Kier alpha value is -1.59. The lowest BCUT2D eigenvalue weighted by Crippen LogP contribution is -2.26. The van der Waals surface area contributed by atoms with E-state index in [9.17, 15) is 0 Å². The molecule has 0 spiro atoms. The lowest BCUT2D eigenvalue weighted by atomic mass is 10.0. The van der Waals surface area contributed by atoms with Gasteiger partial charge in [-0.1, -0.05) is 36.9 Å². The maximum Gasteiger partial charge on any atom is 0.123 e. The van der Waals surface area contributed by atoms with Crippen molar-refractivity contribution in [3.63, 3.8) is 0 Å². The van der Waals surface area contributed by atoms with Gasteiger partial charge in [0.25, 0.3) is 0 Å². The first-order valence-electron chi connectivity index (χ1n) is 6.57. The van der Waals surface area contributed by atoms with Crippen LogP contribution >= 0.6 is 11.8 Å². The molecule has 0 bridgehead atoms. The standard InChI is InChI=1S/C15H19N3OS/c1-3-12(16)15(20-14-8-9-17-10-18-14)11-6-4-5-7-13(11)19-2/h4-10,12,15H,3,16H2,1-2H3. The highest BCUT2D eigenvalue weighted by Crippen LogP contribution is 2.40. The van der Waals surface area contributed by atoms with Gasteiger partial charge >= 0.3 is 0 Å². The number of rotatable bonds is 6. The third kappa shape index (κ3) is 3.49. The number of benzene rings is 1. The number of thioether (sulfide) groups is 1. The predicted octanol–water partition coefficient (Wildman–Crippen LogP) is 3.06. The van der Waals surface area contributed by atoms with Gasteiger partial charge in [-0.25, -0.2) is 9.97 Å². The van der Waals surface area contributed by atoms with Gasteiger partial charge in [-0.3, -0.25) is 0 Å². The number of aromatic nitrogens is 2. The number of nitrogens with two attached hydrogens (primary N) is 1. The van der Waals surface area contributed by atoms with Crippen LogP contribution in [0.4, 0.5) is 0 Å². The first-order chi connectivity index (χ1) is 9.76. The predicted molar refractivity (Wildman–Crippen MR) is 81.9 cm³/mol. The molecule has 2 rings (SSSR count). The first-order valence-corrected chi connectivity index (χ1v) is 7.45. The highest BCUT2D eigenvalue weighted by atomic mass is 32.2. The van der Waals surface area contributed by atoms with Gasteiger partial charge in [0.05, 0.1) is 12.4 Å². The number of hydrogen-bond donors (Lipinski definition) is 1. The Morgan fingerprint density at radius 3 is 2.75 bits per heavy atom. The van der Waals surface area contributed by atoms with Gasteiger partial charge in [0, 0.05) is 17.8 Å². The quantitative estimate of drug-likeness (QED) is 0.654. The summed E-state index contributed by atoms with van der Waals surface area (Å²) >= 11 is 1.65. The van der Waals surface area contributed by atoms with Crippen molar-refractivity contribution in [2.75, 3.05) is 7.11 Å². The van der Waals surface area contributed by atoms with Crippen LogP contribution in [-0.2, 0) is 0 Å². The molecule has 20 heavy (non-hydrogen) atoms. The van der Waals surface area contributed by atoms with Gasteiger partial charge in [-0.2, -0.15) is 0 Å². The molecule has 2 aromatic rings. The second-order valence-electron chi connectivity index (χ2n) is 4.40. The zero-order valence-corrected chi connectivity index (χ0v) is 12.5. The first kappa shape index (κ1) is 14.8. The van der Waals surface area contributed by atoms with Crippen LogP contribution in [0.1, 0.15) is 24.2 Å². The second kappa shape index (κ2) is 7.26. The van der Waals surface area contributed by atoms with E-state index in [4.69, 9.17) is 10.5 Å². The smallest absolute Gasteiger partial charge is 0.123 e. The van der Waals surface area contributed by atoms with E-state index in [1.165, 1.54) is 0 Å². The van der Waals surface area contributed by atoms with E-state index in [-0.39, 0.29) is 11.3 Å². The zero-order chi connectivity index (χ0) is 14.4. The van der Waals surface area contributed by atoms with Gasteiger partial charge in [0.15, 0.2) is 0 Å². The molecule has 2 N–H and O–H groups in total. The third-order valence-corrected chi connectivity index (χ3v) is 4.45. The number of nitrogens with zero attached hydrogens (tertiary/aromatic N) is 2. The Labute approximate surface area is 123 Å². The molecule has 106 valence electrons. The van der Waals surface area contributed by atoms with Gasteiger partial charge < -0.3 is 10.5 Å². The summed E-state index contributed by atoms with van der Waals surface area (Å²) in [6.45, 7) is 2.09. The molecule has 1 heterocycles. The molecule has 2 unspecified atom stereocenters. The van der Waals surface area contributed by atoms with E-state index in [1.54, 1.807) is 31.4 Å². The van der Waals surface area contributed by atoms with Gasteiger partial charge in [0.1, 0.15) is 17.1 Å². The molecular weight excluding hydrogens is 270 g/mol. The van der Waals surface area contributed by atoms with Crippen molar-refractivity contribution in [3.8, 4) is 5.75 Å². The molecule has 2 atom stereocenters. The van der Waals surface area contributed by atoms with Gasteiger partial charge in [0.2, 0.25) is 0 Å². The molecule has 0 radical (unpaired) electrons. The summed E-state index contributed by atoms with van der Waals surface area (Å²) in [5, 5.41) is 1.02. The van der Waals surface area contributed by atoms with E-state index in [2.05, 4.69) is 23.0 Å². The summed E-state index contributed by atoms with van der Waals surface area (Å²) in [7, 11) is 1.68. The number of hydrogen-bond acceptors (Lipinski definition) is 5. The summed E-state index contributed by atoms with van der Waals surface area (Å²) in [4.78, 5) is 8.22. The second-order valence-corrected chi connectivity index (χ2v) is 5.56. The summed E-state index contributed by atoms with van der Waals surface area (Å²) in [5.74, 6) is 0.864. The topological polar surface area (TPSA) is 61.0 Å². The molecule has 4 nitrogen and oxygen atoms in total. The molecule has 0 aliphatic carbocycles. The SMILES string of the molecule is CCC(N)C(Sc1ccncn1)c1ccccc1OC. The molecule has 0 saturated heterocycles. The minimum atomic E-state index is 0.0336. The molecule has 0 saturated carbocycles. The Kier molecular flexibility index (Phi) is 5.38. The van der Waals surface area contributed by atoms with Crippen molar-refractivity contribution in [2.24, 2.45) is 5.73 Å². The number of methoxy groups -OCH3 is 1. The van der Waals surface area contributed by atoms with E-state index in [0.717, 1.165) is 22.8 Å². The lowest BCUT2D eigenvalue weighted by molar-refractivity contribution is 0.407. The molecule has 1 aromatic carbocycles. The van der Waals surface area contributed by atoms with Crippen molar-refractivity contribution in [3.05, 3.63) is 48.4 Å². The molecule has 0 fully saturated rings. The summed E-state index contributed by atoms with van der Waals surface area (Å²) in [6, 6.07) is 9.93. The van der Waals surface area contributed by atoms with Crippen molar-refractivity contribution in [2.45, 2.75) is 29.7 Å². The summed E-state index contributed by atoms with van der Waals surface area (Å²) in [6.07, 6.45) is 4.19. The van der Waals surface area contributed by atoms with E-state index in [0.29, 0.717) is 0 Å². The van der Waals surface area contributed by atoms with Crippen LogP contribution in [-0.4, -0.2) is 23.1 Å². The zero-order valence-electron chi connectivity index (χ0n) is 11.7. The lowest BCUT2D eigenvalue weighted by Gasteiger charge is -2.24. The van der Waals surface area contributed by atoms with Crippen LogP contribution < -0.4 is 10.5 Å². The Balaban J connectivity index is 2.32. The minimum absolute atomic E-state index is 0.0336. The van der Waals surface area contributed by atoms with Gasteiger partial charge in [-0.15, -0.1) is 0 Å². The monoisotopic (exact) mass is 289 g/mol. The van der Waals surface area contributed by atoms with Crippen LogP contribution in [0.15, 0.2) is 47.9 Å². The molecule has 0 amide bonds. The van der Waals surface area contributed by atoms with Crippen LogP contribution in [0.3, 0.4) is 0 Å². The van der Waals surface area contributed by atoms with Crippen LogP contribution in [0.5, 0.6) is 5.75 Å².